The first-order valence-electron chi connectivity index (χ1n) is 14.4. The molecule has 4 aromatic carbocycles. The molecule has 0 atom stereocenters. The van der Waals surface area contributed by atoms with Gasteiger partial charge in [-0.3, -0.25) is 0 Å². The van der Waals surface area contributed by atoms with Crippen molar-refractivity contribution in [2.45, 2.75) is 66.2 Å². The van der Waals surface area contributed by atoms with Gasteiger partial charge in [-0.2, -0.15) is 0 Å². The molecule has 0 radical (unpaired) electrons. The minimum Gasteiger partial charge on any atom is -0.455 e. The summed E-state index contributed by atoms with van der Waals surface area (Å²) in [6.07, 6.45) is 9.94. The molecule has 2 heteroatoms. The summed E-state index contributed by atoms with van der Waals surface area (Å²) in [5, 5.41) is 7.78. The van der Waals surface area contributed by atoms with Gasteiger partial charge in [0.2, 0.25) is 5.69 Å². The molecule has 5 aromatic rings. The molecule has 0 spiro atoms. The Morgan fingerprint density at radius 1 is 0.895 bits per heavy atom. The molecular weight excluding hydrogens is 462 g/mol. The minimum atomic E-state index is 0.141. The quantitative estimate of drug-likeness (QED) is 0.174. The van der Waals surface area contributed by atoms with Crippen LogP contribution in [0.5, 0.6) is 11.5 Å². The van der Waals surface area contributed by atoms with E-state index in [0.29, 0.717) is 0 Å². The van der Waals surface area contributed by atoms with Crippen LogP contribution in [-0.4, -0.2) is 0 Å². The van der Waals surface area contributed by atoms with Crippen LogP contribution in [-0.2, 0) is 19.9 Å². The first-order chi connectivity index (χ1) is 18.3. The highest BCUT2D eigenvalue weighted by Crippen LogP contribution is 2.52. The molecule has 1 aliphatic heterocycles. The van der Waals surface area contributed by atoms with Crippen molar-refractivity contribution in [1.82, 2.24) is 0 Å². The van der Waals surface area contributed by atoms with E-state index in [1.54, 1.807) is 0 Å². The van der Waals surface area contributed by atoms with Gasteiger partial charge < -0.3 is 4.74 Å². The van der Waals surface area contributed by atoms with Crippen molar-refractivity contribution in [2.75, 3.05) is 0 Å². The second-order valence-electron chi connectivity index (χ2n) is 13.0. The standard InChI is InChI=1S/C36H38NO/c1-22-26-12-8-9-13-28(26)30(21-36(2,3)4)35-32(22)34-33-29(16-17-37(34)5)27-15-14-24(18-23-10-6-7-11-23)19-25(27)20-31(33)38-35/h8-9,12-17,19-20,23H,6-7,10-11,18,21H2,1-5H3/q+1. The third-order valence-corrected chi connectivity index (χ3v) is 8.95. The average Bonchev–Trinajstić information content (AvgIpc) is 3.40. The van der Waals surface area contributed by atoms with Crippen LogP contribution in [0.25, 0.3) is 43.6 Å². The fourth-order valence-corrected chi connectivity index (χ4v) is 7.23. The summed E-state index contributed by atoms with van der Waals surface area (Å²) in [6.45, 7) is 9.24. The first kappa shape index (κ1) is 23.7. The molecule has 2 aliphatic rings. The number of aromatic nitrogens is 1. The van der Waals surface area contributed by atoms with E-state index >= 15 is 0 Å². The van der Waals surface area contributed by atoms with Crippen molar-refractivity contribution in [2.24, 2.45) is 18.4 Å². The van der Waals surface area contributed by atoms with E-state index in [1.807, 2.05) is 0 Å². The van der Waals surface area contributed by atoms with Crippen LogP contribution in [0.4, 0.5) is 0 Å². The highest BCUT2D eigenvalue weighted by molar-refractivity contribution is 6.16. The first-order valence-corrected chi connectivity index (χ1v) is 14.4. The van der Waals surface area contributed by atoms with E-state index < -0.39 is 0 Å². The lowest BCUT2D eigenvalue weighted by molar-refractivity contribution is -0.659. The maximum atomic E-state index is 7.04. The fourth-order valence-electron chi connectivity index (χ4n) is 7.23. The van der Waals surface area contributed by atoms with Gasteiger partial charge in [0, 0.05) is 17.0 Å². The van der Waals surface area contributed by atoms with Crippen LogP contribution in [0.1, 0.15) is 63.1 Å². The van der Waals surface area contributed by atoms with Crippen LogP contribution in [0.3, 0.4) is 0 Å². The largest absolute Gasteiger partial charge is 0.455 e. The van der Waals surface area contributed by atoms with Crippen LogP contribution in [0.15, 0.2) is 60.8 Å². The second kappa shape index (κ2) is 8.56. The zero-order valence-corrected chi connectivity index (χ0v) is 23.4. The maximum Gasteiger partial charge on any atom is 0.228 e. The Labute approximate surface area is 226 Å². The van der Waals surface area contributed by atoms with Crippen LogP contribution in [0.2, 0.25) is 0 Å². The van der Waals surface area contributed by atoms with Crippen molar-refractivity contribution in [3.8, 4) is 22.8 Å². The van der Waals surface area contributed by atoms with Gasteiger partial charge in [0.1, 0.15) is 18.5 Å². The maximum absolute atomic E-state index is 7.04. The summed E-state index contributed by atoms with van der Waals surface area (Å²) in [4.78, 5) is 0. The van der Waals surface area contributed by atoms with Crippen LogP contribution < -0.4 is 9.30 Å². The fraction of sp³-hybridized carbons (Fsp3) is 0.361. The molecule has 0 amide bonds. The number of ether oxygens (including phenoxy) is 1. The summed E-state index contributed by atoms with van der Waals surface area (Å²) < 4.78 is 9.34. The molecule has 1 aromatic heterocycles. The molecule has 0 N–H and O–H groups in total. The highest BCUT2D eigenvalue weighted by atomic mass is 16.5. The Morgan fingerprint density at radius 3 is 2.42 bits per heavy atom. The van der Waals surface area contributed by atoms with Gasteiger partial charge in [0.25, 0.3) is 0 Å². The van der Waals surface area contributed by atoms with Crippen molar-refractivity contribution >= 4 is 32.3 Å². The average molecular weight is 501 g/mol. The predicted molar refractivity (Wildman–Crippen MR) is 159 cm³/mol. The summed E-state index contributed by atoms with van der Waals surface area (Å²) in [6, 6.07) is 20.6. The number of aryl methyl sites for hydroxylation is 2. The number of benzene rings is 4. The number of fused-ring (bicyclic) bond motifs is 5. The van der Waals surface area contributed by atoms with Crippen molar-refractivity contribution in [1.29, 1.82) is 0 Å². The zero-order chi connectivity index (χ0) is 26.2. The molecule has 1 saturated carbocycles. The Bertz CT molecular complexity index is 1750. The Balaban J connectivity index is 1.52. The second-order valence-corrected chi connectivity index (χ2v) is 13.0. The van der Waals surface area contributed by atoms with E-state index in [-0.39, 0.29) is 5.41 Å². The SMILES string of the molecule is Cc1c2c(c(CC(C)(C)C)c3ccccc13)Oc1cc3cc(CC4CCCC4)ccc3c3cc[n+](C)c-2c13. The smallest absolute Gasteiger partial charge is 0.228 e. The molecular formula is C36H38NO+. The van der Waals surface area contributed by atoms with Crippen molar-refractivity contribution < 1.29 is 9.30 Å². The lowest BCUT2D eigenvalue weighted by Gasteiger charge is -2.28. The van der Waals surface area contributed by atoms with Gasteiger partial charge in [-0.1, -0.05) is 88.9 Å². The predicted octanol–water partition coefficient (Wildman–Crippen LogP) is 9.37. The molecule has 1 fully saturated rings. The van der Waals surface area contributed by atoms with E-state index in [4.69, 9.17) is 4.74 Å². The number of hydrogen-bond acceptors (Lipinski definition) is 1. The molecule has 0 unspecified atom stereocenters. The number of pyridine rings is 1. The highest BCUT2D eigenvalue weighted by Gasteiger charge is 2.34. The summed E-state index contributed by atoms with van der Waals surface area (Å²) in [5.74, 6) is 2.89. The van der Waals surface area contributed by atoms with Gasteiger partial charge in [0.05, 0.1) is 10.9 Å². The number of rotatable bonds is 3. The van der Waals surface area contributed by atoms with Gasteiger partial charge in [-0.25, -0.2) is 4.57 Å². The van der Waals surface area contributed by atoms with Gasteiger partial charge >= 0.3 is 0 Å². The molecule has 192 valence electrons. The summed E-state index contributed by atoms with van der Waals surface area (Å²) >= 11 is 0. The molecule has 2 heterocycles. The third kappa shape index (κ3) is 3.72. The molecule has 7 rings (SSSR count). The summed E-state index contributed by atoms with van der Waals surface area (Å²) in [7, 11) is 2.18. The molecule has 0 saturated heterocycles. The van der Waals surface area contributed by atoms with E-state index in [1.165, 1.54) is 92.4 Å². The molecule has 38 heavy (non-hydrogen) atoms. The van der Waals surface area contributed by atoms with Gasteiger partial charge in [0.15, 0.2) is 6.20 Å². The molecule has 2 nitrogen and oxygen atoms in total. The third-order valence-electron chi connectivity index (χ3n) is 8.95. The number of nitrogens with zero attached hydrogens (tertiary/aromatic N) is 1. The van der Waals surface area contributed by atoms with E-state index in [0.717, 1.165) is 23.8 Å². The Kier molecular flexibility index (Phi) is 5.34. The van der Waals surface area contributed by atoms with Crippen molar-refractivity contribution in [3.63, 3.8) is 0 Å². The van der Waals surface area contributed by atoms with E-state index in [9.17, 15) is 0 Å². The minimum absolute atomic E-state index is 0.141. The van der Waals surface area contributed by atoms with Crippen molar-refractivity contribution in [3.05, 3.63) is 77.5 Å². The van der Waals surface area contributed by atoms with E-state index in [2.05, 4.69) is 100 Å². The number of hydrogen-bond donors (Lipinski definition) is 0. The topological polar surface area (TPSA) is 13.1 Å². The monoisotopic (exact) mass is 500 g/mol. The summed E-state index contributed by atoms with van der Waals surface area (Å²) in [5.41, 5.74) is 6.75. The lowest BCUT2D eigenvalue weighted by atomic mass is 9.81. The van der Waals surface area contributed by atoms with Gasteiger partial charge in [-0.15, -0.1) is 0 Å². The zero-order valence-electron chi connectivity index (χ0n) is 23.4. The van der Waals surface area contributed by atoms with Gasteiger partial charge in [-0.05, 0) is 69.8 Å². The van der Waals surface area contributed by atoms with Crippen LogP contribution in [0, 0.1) is 18.3 Å². The Hall–Kier alpha value is -3.39. The molecule has 1 aliphatic carbocycles. The lowest BCUT2D eigenvalue weighted by Crippen LogP contribution is -2.32. The Morgan fingerprint density at radius 2 is 1.66 bits per heavy atom. The van der Waals surface area contributed by atoms with Crippen LogP contribution >= 0.6 is 0 Å². The molecule has 0 bridgehead atoms. The normalized spacial score (nSPS) is 15.4.